The first kappa shape index (κ1) is 16.1. The smallest absolute Gasteiger partial charge is 0.318 e. The summed E-state index contributed by atoms with van der Waals surface area (Å²) in [5.74, 6) is 0.0495. The van der Waals surface area contributed by atoms with E-state index in [0.29, 0.717) is 11.4 Å². The summed E-state index contributed by atoms with van der Waals surface area (Å²) >= 11 is 0. The quantitative estimate of drug-likeness (QED) is 0.393. The number of carbonyl (C=O) groups excluding carboxylic acids is 1. The molecule has 4 N–H and O–H groups in total. The monoisotopic (exact) mass is 323 g/mol. The Morgan fingerprint density at radius 3 is 2.62 bits per heavy atom. The van der Waals surface area contributed by atoms with E-state index in [1.807, 2.05) is 49.4 Å². The maximum absolute atomic E-state index is 12.6. The fourth-order valence-corrected chi connectivity index (χ4v) is 3.04. The number of aryl methyl sites for hydroxylation is 2. The molecule has 0 radical (unpaired) electrons. The molecule has 0 spiro atoms. The Bertz CT molecular complexity index is 778. The van der Waals surface area contributed by atoms with Crippen LogP contribution in [-0.4, -0.2) is 11.9 Å². The lowest BCUT2D eigenvalue weighted by Crippen LogP contribution is -2.23. The molecule has 3 rings (SSSR count). The summed E-state index contributed by atoms with van der Waals surface area (Å²) in [7, 11) is 0. The summed E-state index contributed by atoms with van der Waals surface area (Å²) in [6.45, 7) is 1.99. The first-order valence-corrected chi connectivity index (χ1v) is 8.04. The van der Waals surface area contributed by atoms with E-state index in [2.05, 4.69) is 4.99 Å². The van der Waals surface area contributed by atoms with Gasteiger partial charge < -0.3 is 16.2 Å². The molecule has 1 unspecified atom stereocenters. The highest BCUT2D eigenvalue weighted by molar-refractivity contribution is 5.82. The SMILES string of the molecule is Cc1ccc(OC(=O)C2CCCc3ccc(N=C(N)N)cc32)cc1. The molecule has 5 heteroatoms. The molecule has 2 aromatic rings. The Morgan fingerprint density at radius 1 is 1.17 bits per heavy atom. The average molecular weight is 323 g/mol. The third-order valence-corrected chi connectivity index (χ3v) is 4.23. The largest absolute Gasteiger partial charge is 0.426 e. The zero-order valence-electron chi connectivity index (χ0n) is 13.7. The van der Waals surface area contributed by atoms with Crippen LogP contribution < -0.4 is 16.2 Å². The fraction of sp³-hybridized carbons (Fsp3) is 0.263. The summed E-state index contributed by atoms with van der Waals surface area (Å²) in [6, 6.07) is 13.2. The highest BCUT2D eigenvalue weighted by Crippen LogP contribution is 2.35. The number of benzene rings is 2. The Kier molecular flexibility index (Phi) is 4.51. The summed E-state index contributed by atoms with van der Waals surface area (Å²) in [5.41, 5.74) is 14.8. The van der Waals surface area contributed by atoms with Crippen molar-refractivity contribution >= 4 is 17.6 Å². The Morgan fingerprint density at radius 2 is 1.92 bits per heavy atom. The van der Waals surface area contributed by atoms with Crippen LogP contribution in [0.1, 0.15) is 35.4 Å². The van der Waals surface area contributed by atoms with Gasteiger partial charge in [0.2, 0.25) is 0 Å². The molecular weight excluding hydrogens is 302 g/mol. The second-order valence-electron chi connectivity index (χ2n) is 6.10. The predicted molar refractivity (Wildman–Crippen MR) is 94.4 cm³/mol. The number of esters is 1. The zero-order valence-corrected chi connectivity index (χ0v) is 13.7. The molecule has 124 valence electrons. The van der Waals surface area contributed by atoms with E-state index in [1.165, 1.54) is 0 Å². The highest BCUT2D eigenvalue weighted by atomic mass is 16.5. The first-order chi connectivity index (χ1) is 11.5. The molecular formula is C19H21N3O2. The van der Waals surface area contributed by atoms with Crippen LogP contribution in [0.25, 0.3) is 0 Å². The molecule has 1 aliphatic carbocycles. The third-order valence-electron chi connectivity index (χ3n) is 4.23. The van der Waals surface area contributed by atoms with E-state index in [-0.39, 0.29) is 17.8 Å². The summed E-state index contributed by atoms with van der Waals surface area (Å²) in [6.07, 6.45) is 2.68. The van der Waals surface area contributed by atoms with E-state index in [4.69, 9.17) is 16.2 Å². The molecule has 1 atom stereocenters. The number of hydrogen-bond acceptors (Lipinski definition) is 3. The van der Waals surface area contributed by atoms with E-state index in [0.717, 1.165) is 36.0 Å². The zero-order chi connectivity index (χ0) is 17.1. The van der Waals surface area contributed by atoms with Crippen molar-refractivity contribution in [2.24, 2.45) is 16.5 Å². The molecule has 0 heterocycles. The van der Waals surface area contributed by atoms with E-state index < -0.39 is 0 Å². The minimum atomic E-state index is -0.288. The predicted octanol–water partition coefficient (Wildman–Crippen LogP) is 2.93. The van der Waals surface area contributed by atoms with E-state index in [9.17, 15) is 4.79 Å². The number of nitrogens with zero attached hydrogens (tertiary/aromatic N) is 1. The molecule has 24 heavy (non-hydrogen) atoms. The Hall–Kier alpha value is -2.82. The van der Waals surface area contributed by atoms with Crippen molar-refractivity contribution in [3.63, 3.8) is 0 Å². The molecule has 0 saturated carbocycles. The van der Waals surface area contributed by atoms with E-state index >= 15 is 0 Å². The van der Waals surface area contributed by atoms with Crippen molar-refractivity contribution in [1.82, 2.24) is 0 Å². The number of ether oxygens (including phenoxy) is 1. The second-order valence-corrected chi connectivity index (χ2v) is 6.10. The number of carbonyl (C=O) groups is 1. The maximum atomic E-state index is 12.6. The van der Waals surface area contributed by atoms with E-state index in [1.54, 1.807) is 0 Å². The lowest BCUT2D eigenvalue weighted by molar-refractivity contribution is -0.136. The second kappa shape index (κ2) is 6.74. The minimum Gasteiger partial charge on any atom is -0.426 e. The van der Waals surface area contributed by atoms with Gasteiger partial charge in [0.15, 0.2) is 5.96 Å². The summed E-state index contributed by atoms with van der Waals surface area (Å²) in [5, 5.41) is 0. The van der Waals surface area contributed by atoms with Crippen LogP contribution in [0.3, 0.4) is 0 Å². The van der Waals surface area contributed by atoms with Gasteiger partial charge in [0.05, 0.1) is 11.6 Å². The first-order valence-electron chi connectivity index (χ1n) is 8.04. The van der Waals surface area contributed by atoms with Crippen molar-refractivity contribution < 1.29 is 9.53 Å². The molecule has 2 aromatic carbocycles. The van der Waals surface area contributed by atoms with Crippen LogP contribution in [0.4, 0.5) is 5.69 Å². The van der Waals surface area contributed by atoms with Gasteiger partial charge in [0, 0.05) is 0 Å². The van der Waals surface area contributed by atoms with Crippen LogP contribution in [0.15, 0.2) is 47.5 Å². The van der Waals surface area contributed by atoms with Crippen LogP contribution in [0.5, 0.6) is 5.75 Å². The van der Waals surface area contributed by atoms with Crippen molar-refractivity contribution in [1.29, 1.82) is 0 Å². The lowest BCUT2D eigenvalue weighted by Gasteiger charge is -2.24. The molecule has 1 aliphatic rings. The number of guanidine groups is 1. The van der Waals surface area contributed by atoms with Gasteiger partial charge in [-0.2, -0.15) is 0 Å². The molecule has 5 nitrogen and oxygen atoms in total. The van der Waals surface area contributed by atoms with Gasteiger partial charge in [-0.15, -0.1) is 0 Å². The van der Waals surface area contributed by atoms with Crippen molar-refractivity contribution in [2.45, 2.75) is 32.1 Å². The van der Waals surface area contributed by atoms with Gasteiger partial charge in [-0.05, 0) is 61.6 Å². The number of rotatable bonds is 3. The van der Waals surface area contributed by atoms with Gasteiger partial charge in [-0.3, -0.25) is 4.79 Å². The molecule has 0 amide bonds. The van der Waals surface area contributed by atoms with Crippen LogP contribution in [0, 0.1) is 6.92 Å². The van der Waals surface area contributed by atoms with Crippen molar-refractivity contribution in [3.05, 3.63) is 59.2 Å². The standard InChI is InChI=1S/C19H21N3O2/c1-12-5-9-15(10-6-12)24-18(23)16-4-2-3-13-7-8-14(11-17(13)16)22-19(20)21/h5-11,16H,2-4H2,1H3,(H4,20,21,22). The Balaban J connectivity index is 1.86. The normalized spacial score (nSPS) is 16.1. The van der Waals surface area contributed by atoms with Crippen LogP contribution in [0.2, 0.25) is 0 Å². The maximum Gasteiger partial charge on any atom is 0.318 e. The van der Waals surface area contributed by atoms with Crippen LogP contribution >= 0.6 is 0 Å². The topological polar surface area (TPSA) is 90.7 Å². The molecule has 0 aliphatic heterocycles. The van der Waals surface area contributed by atoms with Crippen LogP contribution in [-0.2, 0) is 11.2 Å². The van der Waals surface area contributed by atoms with Gasteiger partial charge in [0.1, 0.15) is 5.75 Å². The number of fused-ring (bicyclic) bond motifs is 1. The van der Waals surface area contributed by atoms with Crippen molar-refractivity contribution in [2.75, 3.05) is 0 Å². The third kappa shape index (κ3) is 3.56. The van der Waals surface area contributed by atoms with Gasteiger partial charge >= 0.3 is 5.97 Å². The molecule has 0 saturated heterocycles. The fourth-order valence-electron chi connectivity index (χ4n) is 3.04. The van der Waals surface area contributed by atoms with Crippen molar-refractivity contribution in [3.8, 4) is 5.75 Å². The average Bonchev–Trinajstić information content (AvgIpc) is 2.55. The van der Waals surface area contributed by atoms with Gasteiger partial charge in [0.25, 0.3) is 0 Å². The van der Waals surface area contributed by atoms with Gasteiger partial charge in [-0.25, -0.2) is 4.99 Å². The molecule has 0 fully saturated rings. The number of hydrogen-bond donors (Lipinski definition) is 2. The lowest BCUT2D eigenvalue weighted by atomic mass is 9.82. The van der Waals surface area contributed by atoms with Gasteiger partial charge in [-0.1, -0.05) is 23.8 Å². The molecule has 0 aromatic heterocycles. The highest BCUT2D eigenvalue weighted by Gasteiger charge is 2.28. The number of aliphatic imine (C=N–C) groups is 1. The Labute approximate surface area is 141 Å². The minimum absolute atomic E-state index is 0.00420. The number of nitrogens with two attached hydrogens (primary N) is 2. The summed E-state index contributed by atoms with van der Waals surface area (Å²) in [4.78, 5) is 16.7. The molecule has 0 bridgehead atoms. The summed E-state index contributed by atoms with van der Waals surface area (Å²) < 4.78 is 5.56.